The Morgan fingerprint density at radius 3 is 2.50 bits per heavy atom. The van der Waals surface area contributed by atoms with Crippen LogP contribution in [0.2, 0.25) is 0 Å². The number of hydrogen-bond acceptors (Lipinski definition) is 6. The maximum absolute atomic E-state index is 13.0. The summed E-state index contributed by atoms with van der Waals surface area (Å²) in [7, 11) is 0. The highest BCUT2D eigenvalue weighted by molar-refractivity contribution is 8.26. The minimum atomic E-state index is -0.983. The molecule has 1 fully saturated rings. The van der Waals surface area contributed by atoms with Crippen LogP contribution in [0.5, 0.6) is 5.75 Å². The van der Waals surface area contributed by atoms with Gasteiger partial charge in [-0.15, -0.1) is 0 Å². The van der Waals surface area contributed by atoms with E-state index in [1.807, 2.05) is 91.1 Å². The van der Waals surface area contributed by atoms with Crippen molar-refractivity contribution in [2.75, 3.05) is 6.54 Å². The first-order valence-corrected chi connectivity index (χ1v) is 13.1. The fourth-order valence-electron chi connectivity index (χ4n) is 3.95. The highest BCUT2D eigenvalue weighted by Gasteiger charge is 2.32. The van der Waals surface area contributed by atoms with Crippen LogP contribution in [0.3, 0.4) is 0 Å². The summed E-state index contributed by atoms with van der Waals surface area (Å²) in [6.07, 6.45) is 3.46. The molecule has 7 nitrogen and oxygen atoms in total. The van der Waals surface area contributed by atoms with Gasteiger partial charge < -0.3 is 9.84 Å². The molecular formula is C29H23N3O4S2. The number of carboxylic acids is 1. The highest BCUT2D eigenvalue weighted by Crippen LogP contribution is 2.35. The quantitative estimate of drug-likeness (QED) is 0.212. The molecule has 1 aromatic heterocycles. The van der Waals surface area contributed by atoms with Gasteiger partial charge in [0.1, 0.15) is 22.4 Å². The third-order valence-electron chi connectivity index (χ3n) is 5.83. The Morgan fingerprint density at radius 1 is 1.03 bits per heavy atom. The third kappa shape index (κ3) is 5.85. The van der Waals surface area contributed by atoms with Crippen molar-refractivity contribution in [2.24, 2.45) is 0 Å². The van der Waals surface area contributed by atoms with Crippen molar-refractivity contribution in [3.8, 4) is 22.7 Å². The minimum Gasteiger partial charge on any atom is -0.489 e. The predicted molar refractivity (Wildman–Crippen MR) is 152 cm³/mol. The summed E-state index contributed by atoms with van der Waals surface area (Å²) in [5.41, 5.74) is 4.18. The lowest BCUT2D eigenvalue weighted by Crippen LogP contribution is -2.30. The van der Waals surface area contributed by atoms with E-state index in [9.17, 15) is 9.59 Å². The van der Waals surface area contributed by atoms with Crippen LogP contribution in [0.25, 0.3) is 23.0 Å². The number of rotatable bonds is 9. The normalized spacial score (nSPS) is 14.3. The zero-order chi connectivity index (χ0) is 26.5. The first-order chi connectivity index (χ1) is 18.5. The van der Waals surface area contributed by atoms with Gasteiger partial charge in [0, 0.05) is 23.9 Å². The van der Waals surface area contributed by atoms with Crippen LogP contribution in [0.15, 0.2) is 96.0 Å². The number of para-hydroxylation sites is 1. The molecule has 1 aliphatic heterocycles. The van der Waals surface area contributed by atoms with E-state index >= 15 is 0 Å². The Bertz CT molecular complexity index is 1520. The second-order valence-corrected chi connectivity index (χ2v) is 10.2. The Kier molecular flexibility index (Phi) is 7.67. The predicted octanol–water partition coefficient (Wildman–Crippen LogP) is 5.79. The number of carboxylic acid groups (broad SMARTS) is 1. The number of benzene rings is 3. The Hall–Kier alpha value is -4.21. The molecule has 5 rings (SSSR count). The van der Waals surface area contributed by atoms with E-state index in [2.05, 4.69) is 0 Å². The number of thioether (sulfide) groups is 1. The van der Waals surface area contributed by atoms with Gasteiger partial charge in [-0.05, 0) is 35.9 Å². The smallest absolute Gasteiger partial charge is 0.305 e. The third-order valence-corrected chi connectivity index (χ3v) is 7.21. The second kappa shape index (κ2) is 11.5. The fourth-order valence-corrected chi connectivity index (χ4v) is 5.25. The van der Waals surface area contributed by atoms with E-state index in [0.717, 1.165) is 34.1 Å². The number of nitrogens with zero attached hydrogens (tertiary/aromatic N) is 3. The largest absolute Gasteiger partial charge is 0.489 e. The summed E-state index contributed by atoms with van der Waals surface area (Å²) in [6, 6.07) is 27.3. The number of aromatic nitrogens is 2. The molecule has 1 saturated heterocycles. The molecule has 4 aromatic rings. The van der Waals surface area contributed by atoms with Crippen LogP contribution in [-0.2, 0) is 16.2 Å². The molecule has 0 aliphatic carbocycles. The molecule has 0 atom stereocenters. The Morgan fingerprint density at radius 2 is 1.76 bits per heavy atom. The molecule has 190 valence electrons. The van der Waals surface area contributed by atoms with E-state index in [-0.39, 0.29) is 18.9 Å². The number of carbonyl (C=O) groups excluding carboxylic acids is 1. The van der Waals surface area contributed by atoms with E-state index in [0.29, 0.717) is 27.3 Å². The van der Waals surface area contributed by atoms with Crippen molar-refractivity contribution >= 4 is 46.3 Å². The summed E-state index contributed by atoms with van der Waals surface area (Å²) in [5.74, 6) is -0.588. The van der Waals surface area contributed by atoms with Gasteiger partial charge in [-0.25, -0.2) is 4.68 Å². The van der Waals surface area contributed by atoms with Crippen molar-refractivity contribution < 1.29 is 19.4 Å². The Labute approximate surface area is 229 Å². The molecule has 9 heteroatoms. The van der Waals surface area contributed by atoms with Crippen molar-refractivity contribution in [1.82, 2.24) is 14.7 Å². The lowest BCUT2D eigenvalue weighted by Gasteiger charge is -2.12. The molecule has 1 aliphatic rings. The van der Waals surface area contributed by atoms with Crippen LogP contribution in [0, 0.1) is 0 Å². The number of thiocarbonyl (C=S) groups is 1. The van der Waals surface area contributed by atoms with E-state index in [4.69, 9.17) is 27.2 Å². The van der Waals surface area contributed by atoms with Crippen LogP contribution in [0.4, 0.5) is 0 Å². The van der Waals surface area contributed by atoms with Gasteiger partial charge >= 0.3 is 5.97 Å². The molecule has 0 radical (unpaired) electrons. The lowest BCUT2D eigenvalue weighted by atomic mass is 10.1. The monoisotopic (exact) mass is 541 g/mol. The van der Waals surface area contributed by atoms with Gasteiger partial charge in [-0.3, -0.25) is 14.5 Å². The fraction of sp³-hybridized carbons (Fsp3) is 0.103. The standard InChI is InChI=1S/C29H23N3O4S2/c33-26(34)14-15-31-28(35)25(38-29(31)37)17-22-18-32(23-11-5-2-6-12-23)30-27(22)21-10-7-13-24(16-21)36-19-20-8-3-1-4-9-20/h1-13,16-18H,14-15,19H2,(H,33,34). The molecule has 3 aromatic carbocycles. The Balaban J connectivity index is 1.48. The van der Waals surface area contributed by atoms with Crippen molar-refractivity contribution in [3.63, 3.8) is 0 Å². The minimum absolute atomic E-state index is 0.0360. The highest BCUT2D eigenvalue weighted by atomic mass is 32.2. The SMILES string of the molecule is O=C(O)CCN1C(=O)C(=Cc2cn(-c3ccccc3)nc2-c2cccc(OCc3ccccc3)c2)SC1=S. The zero-order valence-electron chi connectivity index (χ0n) is 20.2. The average molecular weight is 542 g/mol. The zero-order valence-corrected chi connectivity index (χ0v) is 21.8. The van der Waals surface area contributed by atoms with Gasteiger partial charge in [0.2, 0.25) is 0 Å². The van der Waals surface area contributed by atoms with Crippen molar-refractivity contribution in [2.45, 2.75) is 13.0 Å². The number of amides is 1. The van der Waals surface area contributed by atoms with Gasteiger partial charge in [0.15, 0.2) is 0 Å². The van der Waals surface area contributed by atoms with Gasteiger partial charge in [0.05, 0.1) is 17.0 Å². The van der Waals surface area contributed by atoms with Crippen LogP contribution in [-0.4, -0.2) is 42.5 Å². The van der Waals surface area contributed by atoms with E-state index in [1.54, 1.807) is 10.8 Å². The average Bonchev–Trinajstić information content (AvgIpc) is 3.47. The van der Waals surface area contributed by atoms with Crippen LogP contribution in [0.1, 0.15) is 17.5 Å². The van der Waals surface area contributed by atoms with Crippen molar-refractivity contribution in [3.05, 3.63) is 107 Å². The molecule has 1 amide bonds. The number of aliphatic carboxylic acids is 1. The summed E-state index contributed by atoms with van der Waals surface area (Å²) >= 11 is 6.51. The van der Waals surface area contributed by atoms with E-state index in [1.165, 1.54) is 4.90 Å². The van der Waals surface area contributed by atoms with Crippen molar-refractivity contribution in [1.29, 1.82) is 0 Å². The van der Waals surface area contributed by atoms with Crippen LogP contribution >= 0.6 is 24.0 Å². The summed E-state index contributed by atoms with van der Waals surface area (Å²) in [4.78, 5) is 25.8. The maximum Gasteiger partial charge on any atom is 0.305 e. The second-order valence-electron chi connectivity index (χ2n) is 8.49. The molecule has 0 unspecified atom stereocenters. The molecule has 0 bridgehead atoms. The molecule has 0 saturated carbocycles. The number of ether oxygens (including phenoxy) is 1. The molecule has 1 N–H and O–H groups in total. The van der Waals surface area contributed by atoms with Gasteiger partial charge in [0.25, 0.3) is 5.91 Å². The first-order valence-electron chi connectivity index (χ1n) is 11.9. The molecule has 2 heterocycles. The van der Waals surface area contributed by atoms with Gasteiger partial charge in [-0.1, -0.05) is 84.6 Å². The van der Waals surface area contributed by atoms with Gasteiger partial charge in [-0.2, -0.15) is 5.10 Å². The summed E-state index contributed by atoms with van der Waals surface area (Å²) in [5, 5.41) is 13.9. The topological polar surface area (TPSA) is 84.7 Å². The summed E-state index contributed by atoms with van der Waals surface area (Å²) in [6.45, 7) is 0.475. The lowest BCUT2D eigenvalue weighted by molar-refractivity contribution is -0.137. The molecule has 38 heavy (non-hydrogen) atoms. The molecular weight excluding hydrogens is 518 g/mol. The summed E-state index contributed by atoms with van der Waals surface area (Å²) < 4.78 is 8.14. The number of carbonyl (C=O) groups is 2. The van der Waals surface area contributed by atoms with E-state index < -0.39 is 5.97 Å². The number of hydrogen-bond donors (Lipinski definition) is 1. The molecule has 0 spiro atoms. The van der Waals surface area contributed by atoms with Crippen LogP contribution < -0.4 is 4.74 Å². The first kappa shape index (κ1) is 25.4. The maximum atomic E-state index is 13.0.